The fourth-order valence-corrected chi connectivity index (χ4v) is 3.77. The van der Waals surface area contributed by atoms with Gasteiger partial charge in [0.15, 0.2) is 12.6 Å². The Morgan fingerprint density at radius 1 is 0.577 bits per heavy atom. The summed E-state index contributed by atoms with van der Waals surface area (Å²) in [5.74, 6) is 0. The quantitative estimate of drug-likeness (QED) is 0.792. The van der Waals surface area contributed by atoms with E-state index in [-0.39, 0.29) is 37.0 Å². The molecule has 2 saturated heterocycles. The number of rotatable bonds is 4. The van der Waals surface area contributed by atoms with Crippen molar-refractivity contribution in [1.29, 1.82) is 0 Å². The van der Waals surface area contributed by atoms with Gasteiger partial charge in [-0.1, -0.05) is 74.5 Å². The van der Waals surface area contributed by atoms with Gasteiger partial charge in [-0.25, -0.2) is 0 Å². The number of hydrogen-bond donors (Lipinski definition) is 0. The van der Waals surface area contributed by atoms with E-state index in [4.69, 9.17) is 18.9 Å². The molecule has 2 aromatic carbocycles. The lowest BCUT2D eigenvalue weighted by molar-refractivity contribution is -0.382. The Morgan fingerprint density at radius 3 is 1.31 bits per heavy atom. The third-order valence-electron chi connectivity index (χ3n) is 5.16. The molecule has 2 aliphatic heterocycles. The van der Waals surface area contributed by atoms with Crippen LogP contribution < -0.4 is 0 Å². The average Bonchev–Trinajstić information content (AvgIpc) is 2.73. The van der Waals surface area contributed by atoms with E-state index in [1.807, 2.05) is 60.7 Å². The molecule has 0 aromatic heterocycles. The van der Waals surface area contributed by atoms with Crippen LogP contribution in [0, 0.1) is 0 Å². The van der Waals surface area contributed by atoms with Crippen LogP contribution >= 0.6 is 0 Å². The Labute approximate surface area is 155 Å². The second-order valence-electron chi connectivity index (χ2n) is 6.85. The molecule has 4 nitrogen and oxygen atoms in total. The van der Waals surface area contributed by atoms with Gasteiger partial charge in [0.05, 0.1) is 12.2 Å². The topological polar surface area (TPSA) is 36.9 Å². The van der Waals surface area contributed by atoms with Gasteiger partial charge in [-0.05, 0) is 12.8 Å². The first kappa shape index (κ1) is 17.7. The Kier molecular flexibility index (Phi) is 5.36. The maximum Gasteiger partial charge on any atom is 0.184 e. The zero-order chi connectivity index (χ0) is 17.9. The maximum absolute atomic E-state index is 6.32. The third-order valence-corrected chi connectivity index (χ3v) is 5.16. The molecule has 0 amide bonds. The van der Waals surface area contributed by atoms with E-state index in [1.165, 1.54) is 0 Å². The molecule has 0 N–H and O–H groups in total. The van der Waals surface area contributed by atoms with Gasteiger partial charge in [-0.2, -0.15) is 0 Å². The van der Waals surface area contributed by atoms with Crippen LogP contribution in [0.2, 0.25) is 0 Å². The van der Waals surface area contributed by atoms with Crippen molar-refractivity contribution in [2.75, 3.05) is 0 Å². The Bertz CT molecular complexity index is 628. The summed E-state index contributed by atoms with van der Waals surface area (Å²) >= 11 is 0. The molecular formula is C22H26O4. The van der Waals surface area contributed by atoms with Crippen LogP contribution in [-0.4, -0.2) is 24.4 Å². The fraction of sp³-hybridized carbons (Fsp3) is 0.455. The van der Waals surface area contributed by atoms with E-state index >= 15 is 0 Å². The largest absolute Gasteiger partial charge is 0.342 e. The van der Waals surface area contributed by atoms with Crippen LogP contribution in [0.5, 0.6) is 0 Å². The molecular weight excluding hydrogens is 328 g/mol. The van der Waals surface area contributed by atoms with Gasteiger partial charge in [-0.15, -0.1) is 0 Å². The van der Waals surface area contributed by atoms with Crippen molar-refractivity contribution in [3.63, 3.8) is 0 Å². The predicted octanol–water partition coefficient (Wildman–Crippen LogP) is 4.77. The molecule has 0 bridgehead atoms. The van der Waals surface area contributed by atoms with Crippen LogP contribution in [0.25, 0.3) is 0 Å². The molecule has 6 atom stereocenters. The lowest BCUT2D eigenvalue weighted by Crippen LogP contribution is -2.57. The van der Waals surface area contributed by atoms with Crippen LogP contribution in [0.4, 0.5) is 0 Å². The Hall–Kier alpha value is -1.72. The SMILES string of the molecule is CCC1O[C@H](c2ccccc2)OC2C(CC)O[C@H](c3ccccc3)OC12. The van der Waals surface area contributed by atoms with Crippen LogP contribution in [0.3, 0.4) is 0 Å². The van der Waals surface area contributed by atoms with Gasteiger partial charge in [0.2, 0.25) is 0 Å². The first-order chi connectivity index (χ1) is 12.8. The molecule has 4 rings (SSSR count). The normalized spacial score (nSPS) is 34.2. The molecule has 0 saturated carbocycles. The summed E-state index contributed by atoms with van der Waals surface area (Å²) in [4.78, 5) is 0. The second-order valence-corrected chi connectivity index (χ2v) is 6.85. The summed E-state index contributed by atoms with van der Waals surface area (Å²) < 4.78 is 25.2. The van der Waals surface area contributed by atoms with Crippen LogP contribution in [0.1, 0.15) is 50.4 Å². The molecule has 4 heteroatoms. The molecule has 0 aliphatic carbocycles. The van der Waals surface area contributed by atoms with E-state index in [0.717, 1.165) is 24.0 Å². The minimum atomic E-state index is -0.378. The predicted molar refractivity (Wildman–Crippen MR) is 98.4 cm³/mol. The fourth-order valence-electron chi connectivity index (χ4n) is 3.77. The van der Waals surface area contributed by atoms with E-state index in [0.29, 0.717) is 0 Å². The first-order valence-electron chi connectivity index (χ1n) is 9.52. The molecule has 2 heterocycles. The minimum absolute atomic E-state index is 0.0249. The van der Waals surface area contributed by atoms with Gasteiger partial charge in [-0.3, -0.25) is 0 Å². The molecule has 4 unspecified atom stereocenters. The summed E-state index contributed by atoms with van der Waals surface area (Å²) in [6.07, 6.45) is 0.658. The molecule has 26 heavy (non-hydrogen) atoms. The standard InChI is InChI=1S/C22H26O4/c1-3-17-19-20(26-21(23-17)15-11-7-5-8-12-15)18(4-2)24-22(25-19)16-13-9-6-10-14-16/h5-14,17-22H,3-4H2,1-2H3/t17?,18?,19?,20?,21-,22-/m0/s1. The van der Waals surface area contributed by atoms with E-state index in [1.54, 1.807) is 0 Å². The lowest BCUT2D eigenvalue weighted by Gasteiger charge is -2.49. The molecule has 2 fully saturated rings. The second kappa shape index (κ2) is 7.89. The Balaban J connectivity index is 1.59. The van der Waals surface area contributed by atoms with Gasteiger partial charge >= 0.3 is 0 Å². The zero-order valence-electron chi connectivity index (χ0n) is 15.3. The number of hydrogen-bond acceptors (Lipinski definition) is 4. The van der Waals surface area contributed by atoms with Crippen molar-refractivity contribution in [3.05, 3.63) is 71.8 Å². The highest BCUT2D eigenvalue weighted by Gasteiger charge is 2.48. The van der Waals surface area contributed by atoms with E-state index in [9.17, 15) is 0 Å². The van der Waals surface area contributed by atoms with Crippen LogP contribution in [0.15, 0.2) is 60.7 Å². The highest BCUT2D eigenvalue weighted by atomic mass is 16.8. The number of benzene rings is 2. The summed E-state index contributed by atoms with van der Waals surface area (Å²) in [5, 5.41) is 0. The molecule has 2 aliphatic rings. The van der Waals surface area contributed by atoms with E-state index in [2.05, 4.69) is 13.8 Å². The summed E-state index contributed by atoms with van der Waals surface area (Å²) in [5.41, 5.74) is 2.06. The summed E-state index contributed by atoms with van der Waals surface area (Å²) in [6, 6.07) is 20.2. The van der Waals surface area contributed by atoms with Crippen molar-refractivity contribution in [3.8, 4) is 0 Å². The molecule has 0 spiro atoms. The molecule has 0 radical (unpaired) electrons. The molecule has 138 valence electrons. The van der Waals surface area contributed by atoms with E-state index < -0.39 is 0 Å². The molecule has 2 aromatic rings. The maximum atomic E-state index is 6.32. The zero-order valence-corrected chi connectivity index (χ0v) is 15.3. The van der Waals surface area contributed by atoms with Gasteiger partial charge < -0.3 is 18.9 Å². The van der Waals surface area contributed by atoms with Crippen molar-refractivity contribution in [2.24, 2.45) is 0 Å². The van der Waals surface area contributed by atoms with Crippen molar-refractivity contribution in [2.45, 2.75) is 63.7 Å². The van der Waals surface area contributed by atoms with Crippen LogP contribution in [-0.2, 0) is 18.9 Å². The third kappa shape index (κ3) is 3.42. The number of ether oxygens (including phenoxy) is 4. The Morgan fingerprint density at radius 2 is 0.962 bits per heavy atom. The smallest absolute Gasteiger partial charge is 0.184 e. The summed E-state index contributed by atoms with van der Waals surface area (Å²) in [7, 11) is 0. The lowest BCUT2D eigenvalue weighted by atomic mass is 9.95. The average molecular weight is 354 g/mol. The van der Waals surface area contributed by atoms with Gasteiger partial charge in [0.1, 0.15) is 12.2 Å². The van der Waals surface area contributed by atoms with Crippen molar-refractivity contribution in [1.82, 2.24) is 0 Å². The number of fused-ring (bicyclic) bond motifs is 1. The minimum Gasteiger partial charge on any atom is -0.342 e. The van der Waals surface area contributed by atoms with Crippen molar-refractivity contribution >= 4 is 0 Å². The first-order valence-corrected chi connectivity index (χ1v) is 9.52. The monoisotopic (exact) mass is 354 g/mol. The van der Waals surface area contributed by atoms with Gasteiger partial charge in [0, 0.05) is 11.1 Å². The highest BCUT2D eigenvalue weighted by Crippen LogP contribution is 2.41. The van der Waals surface area contributed by atoms with Crippen molar-refractivity contribution < 1.29 is 18.9 Å². The van der Waals surface area contributed by atoms with Gasteiger partial charge in [0.25, 0.3) is 0 Å². The summed E-state index contributed by atoms with van der Waals surface area (Å²) in [6.45, 7) is 4.26. The highest BCUT2D eigenvalue weighted by molar-refractivity contribution is 5.18.